The number of aromatic nitrogens is 3. The summed E-state index contributed by atoms with van der Waals surface area (Å²) in [7, 11) is 1.65. The topological polar surface area (TPSA) is 39.9 Å². The van der Waals surface area contributed by atoms with Gasteiger partial charge in [0.15, 0.2) is 5.16 Å². The summed E-state index contributed by atoms with van der Waals surface area (Å²) in [4.78, 5) is 0. The van der Waals surface area contributed by atoms with Crippen LogP contribution < -0.4 is 0 Å². The van der Waals surface area contributed by atoms with Crippen LogP contribution in [0.3, 0.4) is 0 Å². The Morgan fingerprint density at radius 3 is 3.05 bits per heavy atom. The van der Waals surface area contributed by atoms with Gasteiger partial charge < -0.3 is 9.30 Å². The predicted molar refractivity (Wildman–Crippen MR) is 72.9 cm³/mol. The van der Waals surface area contributed by atoms with E-state index in [-0.39, 0.29) is 5.82 Å². The van der Waals surface area contributed by atoms with Gasteiger partial charge in [-0.25, -0.2) is 4.39 Å². The monoisotopic (exact) mass is 301 g/mol. The van der Waals surface area contributed by atoms with Crippen LogP contribution in [-0.2, 0) is 17.0 Å². The Bertz CT molecular complexity index is 550. The number of methoxy groups -OCH3 is 1. The highest BCUT2D eigenvalue weighted by molar-refractivity contribution is 7.98. The molecule has 0 amide bonds. The molecule has 0 radical (unpaired) electrons. The molecule has 1 heterocycles. The molecule has 0 aliphatic rings. The number of rotatable bonds is 6. The first-order chi connectivity index (χ1) is 9.20. The minimum Gasteiger partial charge on any atom is -0.383 e. The number of hydrogen-bond donors (Lipinski definition) is 0. The fraction of sp³-hybridized carbons (Fsp3) is 0.333. The second-order valence-corrected chi connectivity index (χ2v) is 5.17. The number of nitrogens with zero attached hydrogens (tertiary/aromatic N) is 3. The minimum absolute atomic E-state index is 0.331. The Balaban J connectivity index is 2.00. The van der Waals surface area contributed by atoms with Crippen LogP contribution in [0.25, 0.3) is 0 Å². The molecule has 0 saturated heterocycles. The molecular formula is C12H13ClFN3OS. The van der Waals surface area contributed by atoms with E-state index >= 15 is 0 Å². The summed E-state index contributed by atoms with van der Waals surface area (Å²) in [5.74, 6) is 0.284. The molecule has 0 saturated carbocycles. The lowest BCUT2D eigenvalue weighted by Crippen LogP contribution is -2.04. The molecule has 0 atom stereocenters. The Kier molecular flexibility index (Phi) is 5.18. The van der Waals surface area contributed by atoms with Gasteiger partial charge in [0, 0.05) is 24.4 Å². The van der Waals surface area contributed by atoms with Gasteiger partial charge in [0.2, 0.25) is 0 Å². The van der Waals surface area contributed by atoms with Crippen molar-refractivity contribution in [2.45, 2.75) is 17.5 Å². The van der Waals surface area contributed by atoms with Gasteiger partial charge in [0.25, 0.3) is 0 Å². The first-order valence-corrected chi connectivity index (χ1v) is 7.00. The Labute approximate surface area is 119 Å². The third-order valence-corrected chi connectivity index (χ3v) is 3.87. The summed E-state index contributed by atoms with van der Waals surface area (Å²) < 4.78 is 19.9. The van der Waals surface area contributed by atoms with Crippen LogP contribution in [0.5, 0.6) is 0 Å². The van der Waals surface area contributed by atoms with E-state index in [1.807, 2.05) is 4.57 Å². The highest BCUT2D eigenvalue weighted by Crippen LogP contribution is 2.25. The molecule has 1 aromatic carbocycles. The zero-order chi connectivity index (χ0) is 13.7. The molecule has 2 rings (SSSR count). The van der Waals surface area contributed by atoms with E-state index in [0.29, 0.717) is 23.9 Å². The standard InChI is InChI=1S/C12H13ClFN3OS/c1-18-5-4-17-8-15-16-12(17)19-7-9-2-3-10(14)6-11(9)13/h2-3,6,8H,4-5,7H2,1H3. The van der Waals surface area contributed by atoms with Crippen LogP contribution in [0, 0.1) is 5.82 Å². The van der Waals surface area contributed by atoms with Crippen molar-refractivity contribution in [1.29, 1.82) is 0 Å². The van der Waals surface area contributed by atoms with Crippen molar-refractivity contribution in [1.82, 2.24) is 14.8 Å². The fourth-order valence-electron chi connectivity index (χ4n) is 1.48. The summed E-state index contributed by atoms with van der Waals surface area (Å²) in [6, 6.07) is 4.39. The summed E-state index contributed by atoms with van der Waals surface area (Å²) in [5, 5.41) is 9.12. The maximum absolute atomic E-state index is 12.9. The molecule has 0 bridgehead atoms. The van der Waals surface area contributed by atoms with Crippen molar-refractivity contribution in [2.24, 2.45) is 0 Å². The van der Waals surface area contributed by atoms with E-state index in [2.05, 4.69) is 10.2 Å². The Hall–Kier alpha value is -1.11. The molecule has 1 aromatic heterocycles. The van der Waals surface area contributed by atoms with Gasteiger partial charge in [-0.1, -0.05) is 29.4 Å². The van der Waals surface area contributed by atoms with E-state index in [1.54, 1.807) is 19.5 Å². The molecule has 0 unspecified atom stereocenters. The number of halogens is 2. The molecule has 102 valence electrons. The third-order valence-electron chi connectivity index (χ3n) is 2.49. The fourth-order valence-corrected chi connectivity index (χ4v) is 2.74. The largest absolute Gasteiger partial charge is 0.383 e. The van der Waals surface area contributed by atoms with E-state index < -0.39 is 0 Å². The van der Waals surface area contributed by atoms with Crippen LogP contribution in [-0.4, -0.2) is 28.5 Å². The number of hydrogen-bond acceptors (Lipinski definition) is 4. The normalized spacial score (nSPS) is 10.9. The SMILES string of the molecule is COCCn1cnnc1SCc1ccc(F)cc1Cl. The second-order valence-electron chi connectivity index (χ2n) is 3.82. The number of thioether (sulfide) groups is 1. The maximum Gasteiger partial charge on any atom is 0.191 e. The average molecular weight is 302 g/mol. The van der Waals surface area contributed by atoms with Crippen molar-refractivity contribution in [3.63, 3.8) is 0 Å². The highest BCUT2D eigenvalue weighted by atomic mass is 35.5. The van der Waals surface area contributed by atoms with Gasteiger partial charge in [-0.15, -0.1) is 10.2 Å². The molecule has 7 heteroatoms. The van der Waals surface area contributed by atoms with E-state index in [0.717, 1.165) is 10.7 Å². The van der Waals surface area contributed by atoms with Gasteiger partial charge in [0.1, 0.15) is 12.1 Å². The van der Waals surface area contributed by atoms with Crippen LogP contribution >= 0.6 is 23.4 Å². The smallest absolute Gasteiger partial charge is 0.191 e. The van der Waals surface area contributed by atoms with Gasteiger partial charge in [0.05, 0.1) is 6.61 Å². The zero-order valence-corrected chi connectivity index (χ0v) is 11.9. The Morgan fingerprint density at radius 1 is 1.47 bits per heavy atom. The van der Waals surface area contributed by atoms with Crippen molar-refractivity contribution in [3.05, 3.63) is 40.9 Å². The Morgan fingerprint density at radius 2 is 2.32 bits per heavy atom. The van der Waals surface area contributed by atoms with Crippen molar-refractivity contribution < 1.29 is 9.13 Å². The molecule has 0 aliphatic carbocycles. The van der Waals surface area contributed by atoms with E-state index in [9.17, 15) is 4.39 Å². The minimum atomic E-state index is -0.331. The zero-order valence-electron chi connectivity index (χ0n) is 10.3. The third kappa shape index (κ3) is 3.92. The number of ether oxygens (including phenoxy) is 1. The summed E-state index contributed by atoms with van der Waals surface area (Å²) >= 11 is 7.48. The quantitative estimate of drug-likeness (QED) is 0.769. The van der Waals surface area contributed by atoms with Gasteiger partial charge in [-0.2, -0.15) is 0 Å². The lowest BCUT2D eigenvalue weighted by atomic mass is 10.2. The average Bonchev–Trinajstić information content (AvgIpc) is 2.83. The predicted octanol–water partition coefficient (Wildman–Crippen LogP) is 3.01. The molecule has 0 spiro atoms. The second kappa shape index (κ2) is 6.88. The van der Waals surface area contributed by atoms with E-state index in [4.69, 9.17) is 16.3 Å². The van der Waals surface area contributed by atoms with Gasteiger partial charge in [-0.05, 0) is 17.7 Å². The van der Waals surface area contributed by atoms with Crippen LogP contribution in [0.4, 0.5) is 4.39 Å². The highest BCUT2D eigenvalue weighted by Gasteiger charge is 2.07. The van der Waals surface area contributed by atoms with E-state index in [1.165, 1.54) is 23.9 Å². The first kappa shape index (κ1) is 14.3. The van der Waals surface area contributed by atoms with Crippen LogP contribution in [0.15, 0.2) is 29.7 Å². The summed E-state index contributed by atoms with van der Waals surface area (Å²) in [6.07, 6.45) is 1.66. The summed E-state index contributed by atoms with van der Waals surface area (Å²) in [5.41, 5.74) is 0.870. The molecular weight excluding hydrogens is 289 g/mol. The van der Waals surface area contributed by atoms with Crippen molar-refractivity contribution in [2.75, 3.05) is 13.7 Å². The number of benzene rings is 1. The van der Waals surface area contributed by atoms with Crippen molar-refractivity contribution in [3.8, 4) is 0 Å². The van der Waals surface area contributed by atoms with Crippen LogP contribution in [0.1, 0.15) is 5.56 Å². The molecule has 4 nitrogen and oxygen atoms in total. The molecule has 0 N–H and O–H groups in total. The van der Waals surface area contributed by atoms with Gasteiger partial charge >= 0.3 is 0 Å². The molecule has 2 aromatic rings. The van der Waals surface area contributed by atoms with Crippen molar-refractivity contribution >= 4 is 23.4 Å². The lowest BCUT2D eigenvalue weighted by Gasteiger charge is -2.06. The molecule has 0 aliphatic heterocycles. The molecule has 0 fully saturated rings. The maximum atomic E-state index is 12.9. The lowest BCUT2D eigenvalue weighted by molar-refractivity contribution is 0.184. The first-order valence-electron chi connectivity index (χ1n) is 5.64. The molecule has 19 heavy (non-hydrogen) atoms. The van der Waals surface area contributed by atoms with Gasteiger partial charge in [-0.3, -0.25) is 0 Å². The van der Waals surface area contributed by atoms with Crippen LogP contribution in [0.2, 0.25) is 5.02 Å². The summed E-state index contributed by atoms with van der Waals surface area (Å²) in [6.45, 7) is 1.30.